The van der Waals surface area contributed by atoms with Crippen molar-refractivity contribution in [2.75, 3.05) is 13.7 Å². The minimum atomic E-state index is -0.138. The van der Waals surface area contributed by atoms with Crippen molar-refractivity contribution in [1.29, 1.82) is 0 Å². The zero-order chi connectivity index (χ0) is 19.3. The van der Waals surface area contributed by atoms with Gasteiger partial charge in [-0.2, -0.15) is 0 Å². The largest absolute Gasteiger partial charge is 0.497 e. The number of aromatic amines is 1. The lowest BCUT2D eigenvalue weighted by Crippen LogP contribution is -2.34. The highest BCUT2D eigenvalue weighted by Crippen LogP contribution is 2.31. The summed E-state index contributed by atoms with van der Waals surface area (Å²) in [7, 11) is 1.67. The molecule has 0 saturated carbocycles. The van der Waals surface area contributed by atoms with E-state index in [1.807, 2.05) is 30.3 Å². The molecule has 0 radical (unpaired) electrons. The minimum absolute atomic E-state index is 0.126. The first-order valence-corrected chi connectivity index (χ1v) is 9.62. The van der Waals surface area contributed by atoms with Crippen LogP contribution in [0.4, 0.5) is 0 Å². The van der Waals surface area contributed by atoms with E-state index < -0.39 is 0 Å². The van der Waals surface area contributed by atoms with Gasteiger partial charge in [0.25, 0.3) is 5.56 Å². The third kappa shape index (κ3) is 4.12. The topological polar surface area (TPSA) is 71.1 Å². The Hall–Kier alpha value is -2.99. The highest BCUT2D eigenvalue weighted by atomic mass is 16.5. The first kappa shape index (κ1) is 18.4. The summed E-state index contributed by atoms with van der Waals surface area (Å²) in [5.74, 6) is 1.38. The molecule has 1 saturated heterocycles. The Kier molecular flexibility index (Phi) is 5.48. The molecule has 28 heavy (non-hydrogen) atoms. The molecular weight excluding hydrogens is 352 g/mol. The SMILES string of the molecule is COc1ccc(CN2CCCC[C@@H]2c2cc(=O)[nH]c(-c3ccccn3)n2)cc1. The van der Waals surface area contributed by atoms with Crippen LogP contribution in [0.3, 0.4) is 0 Å². The van der Waals surface area contributed by atoms with Gasteiger partial charge in [0.05, 0.1) is 18.8 Å². The molecule has 6 heteroatoms. The van der Waals surface area contributed by atoms with E-state index in [1.165, 1.54) is 5.56 Å². The first-order chi connectivity index (χ1) is 13.7. The van der Waals surface area contributed by atoms with Gasteiger partial charge in [-0.15, -0.1) is 0 Å². The molecule has 0 bridgehead atoms. The van der Waals surface area contributed by atoms with Gasteiger partial charge >= 0.3 is 0 Å². The number of benzene rings is 1. The second-order valence-corrected chi connectivity index (χ2v) is 7.06. The average molecular weight is 376 g/mol. The smallest absolute Gasteiger partial charge is 0.251 e. The van der Waals surface area contributed by atoms with E-state index in [-0.39, 0.29) is 11.6 Å². The summed E-state index contributed by atoms with van der Waals surface area (Å²) in [6.07, 6.45) is 4.99. The molecule has 2 aromatic heterocycles. The fourth-order valence-electron chi connectivity index (χ4n) is 3.75. The molecule has 1 atom stereocenters. The van der Waals surface area contributed by atoms with Crippen LogP contribution >= 0.6 is 0 Å². The van der Waals surface area contributed by atoms with Crippen molar-refractivity contribution in [3.05, 3.63) is 76.3 Å². The number of nitrogens with zero attached hydrogens (tertiary/aromatic N) is 3. The molecule has 1 N–H and O–H groups in total. The number of nitrogens with one attached hydrogen (secondary N) is 1. The van der Waals surface area contributed by atoms with E-state index >= 15 is 0 Å². The monoisotopic (exact) mass is 376 g/mol. The molecule has 1 aromatic carbocycles. The van der Waals surface area contributed by atoms with Gasteiger partial charge in [0.1, 0.15) is 11.4 Å². The molecule has 0 unspecified atom stereocenters. The van der Waals surface area contributed by atoms with Crippen LogP contribution in [-0.2, 0) is 6.54 Å². The Balaban J connectivity index is 1.62. The molecule has 0 amide bonds. The Labute approximate surface area is 164 Å². The number of hydrogen-bond donors (Lipinski definition) is 1. The second kappa shape index (κ2) is 8.35. The Morgan fingerprint density at radius 3 is 2.79 bits per heavy atom. The molecule has 3 heterocycles. The molecule has 1 fully saturated rings. The number of hydrogen-bond acceptors (Lipinski definition) is 5. The predicted octanol–water partition coefficient (Wildman–Crippen LogP) is 3.57. The summed E-state index contributed by atoms with van der Waals surface area (Å²) in [6.45, 7) is 1.81. The third-order valence-electron chi connectivity index (χ3n) is 5.17. The lowest BCUT2D eigenvalue weighted by molar-refractivity contribution is 0.137. The van der Waals surface area contributed by atoms with E-state index in [0.29, 0.717) is 11.5 Å². The van der Waals surface area contributed by atoms with Crippen LogP contribution in [0.5, 0.6) is 5.75 Å². The molecule has 1 aliphatic heterocycles. The van der Waals surface area contributed by atoms with E-state index in [1.54, 1.807) is 19.4 Å². The van der Waals surface area contributed by atoms with Crippen LogP contribution in [0, 0.1) is 0 Å². The number of H-pyrrole nitrogens is 1. The first-order valence-electron chi connectivity index (χ1n) is 9.62. The lowest BCUT2D eigenvalue weighted by Gasteiger charge is -2.35. The Bertz CT molecular complexity index is 970. The number of pyridine rings is 1. The van der Waals surface area contributed by atoms with Crippen molar-refractivity contribution >= 4 is 0 Å². The Morgan fingerprint density at radius 2 is 2.04 bits per heavy atom. The fourth-order valence-corrected chi connectivity index (χ4v) is 3.75. The van der Waals surface area contributed by atoms with Crippen LogP contribution in [0.15, 0.2) is 59.5 Å². The Morgan fingerprint density at radius 1 is 1.18 bits per heavy atom. The van der Waals surface area contributed by atoms with Gasteiger partial charge in [0.15, 0.2) is 5.82 Å². The summed E-state index contributed by atoms with van der Waals surface area (Å²) >= 11 is 0. The van der Waals surface area contributed by atoms with Gasteiger partial charge < -0.3 is 9.72 Å². The second-order valence-electron chi connectivity index (χ2n) is 7.06. The number of methoxy groups -OCH3 is 1. The maximum atomic E-state index is 12.3. The number of piperidine rings is 1. The van der Waals surface area contributed by atoms with E-state index in [0.717, 1.165) is 43.8 Å². The van der Waals surface area contributed by atoms with E-state index in [4.69, 9.17) is 9.72 Å². The maximum absolute atomic E-state index is 12.3. The van der Waals surface area contributed by atoms with Gasteiger partial charge in [-0.25, -0.2) is 4.98 Å². The van der Waals surface area contributed by atoms with Crippen molar-refractivity contribution in [2.45, 2.75) is 31.8 Å². The summed E-state index contributed by atoms with van der Waals surface area (Å²) in [5.41, 5.74) is 2.58. The fraction of sp³-hybridized carbons (Fsp3) is 0.318. The van der Waals surface area contributed by atoms with Gasteiger partial charge in [-0.3, -0.25) is 14.7 Å². The highest BCUT2D eigenvalue weighted by Gasteiger charge is 2.26. The van der Waals surface area contributed by atoms with Gasteiger partial charge in [0.2, 0.25) is 0 Å². The van der Waals surface area contributed by atoms with Crippen molar-refractivity contribution < 1.29 is 4.74 Å². The molecular formula is C22H24N4O2. The van der Waals surface area contributed by atoms with Gasteiger partial charge in [-0.1, -0.05) is 24.6 Å². The third-order valence-corrected chi connectivity index (χ3v) is 5.17. The molecule has 1 aliphatic rings. The molecule has 0 aliphatic carbocycles. The van der Waals surface area contributed by atoms with Gasteiger partial charge in [0, 0.05) is 18.8 Å². The molecule has 6 nitrogen and oxygen atoms in total. The summed E-state index contributed by atoms with van der Waals surface area (Å²) in [6, 6.07) is 15.5. The molecule has 144 valence electrons. The number of aromatic nitrogens is 3. The van der Waals surface area contributed by atoms with Crippen molar-refractivity contribution in [2.24, 2.45) is 0 Å². The summed E-state index contributed by atoms with van der Waals surface area (Å²) in [5, 5.41) is 0. The minimum Gasteiger partial charge on any atom is -0.497 e. The van der Waals surface area contributed by atoms with Crippen LogP contribution < -0.4 is 10.3 Å². The van der Waals surface area contributed by atoms with Crippen LogP contribution in [0.1, 0.15) is 36.6 Å². The van der Waals surface area contributed by atoms with Crippen molar-refractivity contribution in [3.8, 4) is 17.3 Å². The predicted molar refractivity (Wildman–Crippen MR) is 108 cm³/mol. The van der Waals surface area contributed by atoms with Crippen LogP contribution in [0.25, 0.3) is 11.5 Å². The summed E-state index contributed by atoms with van der Waals surface area (Å²) < 4.78 is 5.25. The summed E-state index contributed by atoms with van der Waals surface area (Å²) in [4.78, 5) is 26.6. The zero-order valence-electron chi connectivity index (χ0n) is 16.0. The lowest BCUT2D eigenvalue weighted by atomic mass is 9.98. The normalized spacial score (nSPS) is 17.4. The van der Waals surface area contributed by atoms with E-state index in [2.05, 4.69) is 27.0 Å². The molecule has 3 aromatic rings. The number of likely N-dealkylation sites (tertiary alicyclic amines) is 1. The molecule has 0 spiro atoms. The maximum Gasteiger partial charge on any atom is 0.251 e. The number of ether oxygens (including phenoxy) is 1. The standard InChI is InChI=1S/C22H24N4O2/c1-28-17-10-8-16(9-11-17)15-26-13-5-3-7-20(26)19-14-21(27)25-22(24-19)18-6-2-4-12-23-18/h2,4,6,8-12,14,20H,3,5,7,13,15H2,1H3,(H,24,25,27)/t20-/m1/s1. The van der Waals surface area contributed by atoms with Crippen molar-refractivity contribution in [3.63, 3.8) is 0 Å². The molecule has 4 rings (SSSR count). The van der Waals surface area contributed by atoms with E-state index in [9.17, 15) is 4.79 Å². The number of rotatable bonds is 5. The van der Waals surface area contributed by atoms with Crippen LogP contribution in [0.2, 0.25) is 0 Å². The van der Waals surface area contributed by atoms with Gasteiger partial charge in [-0.05, 0) is 49.2 Å². The highest BCUT2D eigenvalue weighted by molar-refractivity contribution is 5.48. The van der Waals surface area contributed by atoms with Crippen LogP contribution in [-0.4, -0.2) is 33.5 Å². The quantitative estimate of drug-likeness (QED) is 0.737. The zero-order valence-corrected chi connectivity index (χ0v) is 16.0. The average Bonchev–Trinajstić information content (AvgIpc) is 2.75. The van der Waals surface area contributed by atoms with Crippen molar-refractivity contribution in [1.82, 2.24) is 19.9 Å².